The van der Waals surface area contributed by atoms with Crippen LogP contribution in [0.15, 0.2) is 53.3 Å². The Morgan fingerprint density at radius 2 is 1.75 bits per heavy atom. The topological polar surface area (TPSA) is 22.0 Å². The summed E-state index contributed by atoms with van der Waals surface area (Å²) in [5.41, 5.74) is -0.685. The molecule has 0 aliphatic carbocycles. The Kier molecular flexibility index (Phi) is 3.07. The van der Waals surface area contributed by atoms with Crippen LogP contribution in [0.2, 0.25) is 0 Å². The van der Waals surface area contributed by atoms with Crippen LogP contribution in [0.25, 0.3) is 15.3 Å². The van der Waals surface area contributed by atoms with E-state index in [2.05, 4.69) is 0 Å². The number of alkyl halides is 3. The second-order valence-electron chi connectivity index (χ2n) is 4.24. The molecule has 0 radical (unpaired) electrons. The van der Waals surface area contributed by atoms with Crippen molar-refractivity contribution in [3.8, 4) is 5.69 Å². The number of halogens is 3. The molecule has 6 heteroatoms. The summed E-state index contributed by atoms with van der Waals surface area (Å²) in [6, 6.07) is 12.0. The molecule has 0 saturated carbocycles. The second-order valence-corrected chi connectivity index (χ2v) is 6.31. The van der Waals surface area contributed by atoms with Crippen molar-refractivity contribution in [2.45, 2.75) is 6.18 Å². The summed E-state index contributed by atoms with van der Waals surface area (Å²) in [6.07, 6.45) is -4.40. The van der Waals surface area contributed by atoms with Gasteiger partial charge < -0.3 is 0 Å². The van der Waals surface area contributed by atoms with Crippen molar-refractivity contribution in [2.24, 2.45) is 0 Å². The predicted molar refractivity (Wildman–Crippen MR) is 71.5 cm³/mol. The Morgan fingerprint density at radius 1 is 1.00 bits per heavy atom. The third kappa shape index (κ3) is 2.21. The molecule has 20 heavy (non-hydrogen) atoms. The third-order valence-corrected chi connectivity index (χ3v) is 5.23. The zero-order chi connectivity index (χ0) is 14.3. The van der Waals surface area contributed by atoms with Gasteiger partial charge in [0, 0.05) is 0 Å². The molecule has 0 atom stereocenters. The Hall–Kier alpha value is -1.78. The summed E-state index contributed by atoms with van der Waals surface area (Å²) < 4.78 is 40.5. The van der Waals surface area contributed by atoms with Gasteiger partial charge in [0.1, 0.15) is 0 Å². The first-order chi connectivity index (χ1) is 9.47. The van der Waals surface area contributed by atoms with Crippen LogP contribution in [-0.4, -0.2) is 18.3 Å². The van der Waals surface area contributed by atoms with E-state index in [4.69, 9.17) is 0 Å². The predicted octanol–water partition coefficient (Wildman–Crippen LogP) is 3.07. The van der Waals surface area contributed by atoms with Crippen LogP contribution in [0.3, 0.4) is 0 Å². The molecular formula is C14H8F3NOSe. The Bertz CT molecular complexity index is 832. The SMILES string of the molecule is O=c1c2ccccc2[se]n1-c1cccc(C(F)(F)F)c1. The molecule has 0 aliphatic heterocycles. The first-order valence-corrected chi connectivity index (χ1v) is 7.38. The molecular weight excluding hydrogens is 334 g/mol. The summed E-state index contributed by atoms with van der Waals surface area (Å²) in [5.74, 6) is 0. The molecule has 0 fully saturated rings. The van der Waals surface area contributed by atoms with E-state index in [9.17, 15) is 18.0 Å². The van der Waals surface area contributed by atoms with Crippen LogP contribution in [0, 0.1) is 0 Å². The normalized spacial score (nSPS) is 11.9. The fourth-order valence-corrected chi connectivity index (χ4v) is 4.03. The molecule has 0 aliphatic rings. The zero-order valence-corrected chi connectivity index (χ0v) is 11.7. The molecule has 3 rings (SSSR count). The van der Waals surface area contributed by atoms with Crippen molar-refractivity contribution in [1.82, 2.24) is 3.56 Å². The molecule has 102 valence electrons. The van der Waals surface area contributed by atoms with Crippen LogP contribution in [0.1, 0.15) is 5.56 Å². The average Bonchev–Trinajstić information content (AvgIpc) is 2.76. The molecule has 0 bridgehead atoms. The zero-order valence-electron chi connectivity index (χ0n) is 10.0. The van der Waals surface area contributed by atoms with Gasteiger partial charge in [0.25, 0.3) is 0 Å². The monoisotopic (exact) mass is 343 g/mol. The van der Waals surface area contributed by atoms with Gasteiger partial charge in [-0.25, -0.2) is 0 Å². The number of hydrogen-bond donors (Lipinski definition) is 0. The van der Waals surface area contributed by atoms with Gasteiger partial charge in [-0.05, 0) is 0 Å². The molecule has 2 nitrogen and oxygen atoms in total. The van der Waals surface area contributed by atoms with E-state index < -0.39 is 11.7 Å². The van der Waals surface area contributed by atoms with Gasteiger partial charge in [-0.15, -0.1) is 0 Å². The van der Waals surface area contributed by atoms with Crippen molar-refractivity contribution < 1.29 is 13.2 Å². The van der Waals surface area contributed by atoms with Crippen LogP contribution >= 0.6 is 0 Å². The first-order valence-electron chi connectivity index (χ1n) is 5.75. The number of fused-ring (bicyclic) bond motifs is 1. The summed E-state index contributed by atoms with van der Waals surface area (Å²) >= 11 is -0.322. The molecule has 0 saturated heterocycles. The average molecular weight is 342 g/mol. The summed E-state index contributed by atoms with van der Waals surface area (Å²) in [5, 5.41) is 0.574. The summed E-state index contributed by atoms with van der Waals surface area (Å²) in [6.45, 7) is 0. The van der Waals surface area contributed by atoms with Crippen molar-refractivity contribution >= 4 is 24.4 Å². The maximum atomic E-state index is 12.7. The maximum absolute atomic E-state index is 12.7. The summed E-state index contributed by atoms with van der Waals surface area (Å²) in [7, 11) is 0. The van der Waals surface area contributed by atoms with E-state index in [1.807, 2.05) is 12.1 Å². The quantitative estimate of drug-likeness (QED) is 0.623. The van der Waals surface area contributed by atoms with Crippen LogP contribution in [-0.2, 0) is 6.18 Å². The minimum absolute atomic E-state index is 0.236. The fraction of sp³-hybridized carbons (Fsp3) is 0.0714. The van der Waals surface area contributed by atoms with E-state index in [1.165, 1.54) is 15.7 Å². The van der Waals surface area contributed by atoms with Gasteiger partial charge in [-0.2, -0.15) is 0 Å². The van der Waals surface area contributed by atoms with Crippen molar-refractivity contribution in [2.75, 3.05) is 0 Å². The van der Waals surface area contributed by atoms with Gasteiger partial charge in [0.05, 0.1) is 0 Å². The van der Waals surface area contributed by atoms with E-state index in [-0.39, 0.29) is 20.3 Å². The van der Waals surface area contributed by atoms with Crippen molar-refractivity contribution in [1.29, 1.82) is 0 Å². The van der Waals surface area contributed by atoms with Gasteiger partial charge >= 0.3 is 117 Å². The Labute approximate surface area is 118 Å². The van der Waals surface area contributed by atoms with Gasteiger partial charge in [-0.3, -0.25) is 0 Å². The summed E-state index contributed by atoms with van der Waals surface area (Å²) in [4.78, 5) is 12.2. The molecule has 3 aromatic rings. The van der Waals surface area contributed by atoms with Gasteiger partial charge in [0.2, 0.25) is 0 Å². The molecule has 0 N–H and O–H groups in total. The Balaban J connectivity index is 2.21. The van der Waals surface area contributed by atoms with Crippen molar-refractivity contribution in [3.05, 3.63) is 64.4 Å². The molecule has 1 aromatic heterocycles. The molecule has 0 spiro atoms. The number of nitrogens with zero attached hydrogens (tertiary/aromatic N) is 1. The van der Waals surface area contributed by atoms with Crippen LogP contribution in [0.5, 0.6) is 0 Å². The van der Waals surface area contributed by atoms with E-state index >= 15 is 0 Å². The van der Waals surface area contributed by atoms with Crippen LogP contribution in [0.4, 0.5) is 13.2 Å². The standard InChI is InChI=1S/C14H8F3NOSe/c15-14(16,17)9-4-3-5-10(8-9)18-13(19)11-6-1-2-7-12(11)20-18/h1-8H. The molecule has 2 aromatic carbocycles. The molecule has 1 heterocycles. The number of rotatable bonds is 1. The van der Waals surface area contributed by atoms with Gasteiger partial charge in [0.15, 0.2) is 0 Å². The minimum atomic E-state index is -4.40. The number of benzene rings is 2. The van der Waals surface area contributed by atoms with Crippen molar-refractivity contribution in [3.63, 3.8) is 0 Å². The van der Waals surface area contributed by atoms with E-state index in [0.29, 0.717) is 11.1 Å². The molecule has 0 unspecified atom stereocenters. The van der Waals surface area contributed by atoms with E-state index in [0.717, 1.165) is 16.4 Å². The Morgan fingerprint density at radius 3 is 2.45 bits per heavy atom. The van der Waals surface area contributed by atoms with E-state index in [1.54, 1.807) is 12.1 Å². The van der Waals surface area contributed by atoms with Crippen LogP contribution < -0.4 is 5.56 Å². The number of aromatic nitrogens is 1. The number of hydrogen-bond acceptors (Lipinski definition) is 1. The fourth-order valence-electron chi connectivity index (χ4n) is 1.95. The first kappa shape index (κ1) is 13.2. The third-order valence-electron chi connectivity index (χ3n) is 2.90. The molecule has 0 amide bonds. The van der Waals surface area contributed by atoms with Gasteiger partial charge in [-0.1, -0.05) is 0 Å². The second kappa shape index (κ2) is 4.65.